The van der Waals surface area contributed by atoms with E-state index in [1.807, 2.05) is 0 Å². The predicted molar refractivity (Wildman–Crippen MR) is 72.1 cm³/mol. The highest BCUT2D eigenvalue weighted by Gasteiger charge is 2.21. The number of hydrogen-bond acceptors (Lipinski definition) is 4. The molecule has 0 saturated carbocycles. The number of rotatable bonds is 3. The fraction of sp³-hybridized carbons (Fsp3) is 0.214. The minimum Gasteiger partial charge on any atom is -0.478 e. The van der Waals surface area contributed by atoms with Crippen molar-refractivity contribution in [2.24, 2.45) is 0 Å². The van der Waals surface area contributed by atoms with E-state index in [2.05, 4.69) is 10.3 Å². The van der Waals surface area contributed by atoms with E-state index in [0.29, 0.717) is 17.1 Å². The van der Waals surface area contributed by atoms with Gasteiger partial charge in [-0.25, -0.2) is 9.78 Å². The van der Waals surface area contributed by atoms with E-state index >= 15 is 0 Å². The van der Waals surface area contributed by atoms with Gasteiger partial charge in [-0.3, -0.25) is 4.79 Å². The van der Waals surface area contributed by atoms with Gasteiger partial charge in [-0.05, 0) is 32.9 Å². The Bertz CT molecular complexity index is 688. The third kappa shape index (κ3) is 2.40. The van der Waals surface area contributed by atoms with Crippen LogP contribution in [0.4, 0.5) is 5.82 Å². The van der Waals surface area contributed by atoms with Crippen LogP contribution >= 0.6 is 0 Å². The Hall–Kier alpha value is -2.63. The van der Waals surface area contributed by atoms with Crippen LogP contribution in [0.3, 0.4) is 0 Å². The van der Waals surface area contributed by atoms with Gasteiger partial charge in [-0.15, -0.1) is 0 Å². The van der Waals surface area contributed by atoms with Gasteiger partial charge in [0.2, 0.25) is 0 Å². The van der Waals surface area contributed by atoms with Gasteiger partial charge in [0, 0.05) is 11.8 Å². The van der Waals surface area contributed by atoms with Crippen molar-refractivity contribution in [1.29, 1.82) is 0 Å². The summed E-state index contributed by atoms with van der Waals surface area (Å²) < 4.78 is 5.38. The molecule has 0 aliphatic rings. The number of furan rings is 1. The molecule has 6 nitrogen and oxygen atoms in total. The molecule has 2 heterocycles. The van der Waals surface area contributed by atoms with Gasteiger partial charge < -0.3 is 14.8 Å². The van der Waals surface area contributed by atoms with Gasteiger partial charge in [0.25, 0.3) is 5.91 Å². The first kappa shape index (κ1) is 13.8. The van der Waals surface area contributed by atoms with E-state index in [-0.39, 0.29) is 11.4 Å². The maximum absolute atomic E-state index is 12.2. The van der Waals surface area contributed by atoms with Crippen LogP contribution in [0, 0.1) is 20.8 Å². The summed E-state index contributed by atoms with van der Waals surface area (Å²) in [5.74, 6) is -0.414. The lowest BCUT2D eigenvalue weighted by molar-refractivity contribution is 0.0697. The van der Waals surface area contributed by atoms with Gasteiger partial charge in [-0.2, -0.15) is 0 Å². The molecule has 0 fully saturated rings. The second kappa shape index (κ2) is 5.16. The van der Waals surface area contributed by atoms with Crippen molar-refractivity contribution >= 4 is 17.7 Å². The Morgan fingerprint density at radius 3 is 2.50 bits per heavy atom. The quantitative estimate of drug-likeness (QED) is 0.897. The van der Waals surface area contributed by atoms with Gasteiger partial charge in [0.05, 0.1) is 5.56 Å². The van der Waals surface area contributed by atoms with E-state index in [1.54, 1.807) is 20.8 Å². The van der Waals surface area contributed by atoms with Gasteiger partial charge in [0.1, 0.15) is 22.9 Å². The van der Waals surface area contributed by atoms with Crippen LogP contribution in [0.15, 0.2) is 22.7 Å². The first-order valence-corrected chi connectivity index (χ1v) is 5.98. The highest BCUT2D eigenvalue weighted by molar-refractivity contribution is 6.08. The van der Waals surface area contributed by atoms with Crippen LogP contribution in [0.2, 0.25) is 0 Å². The first-order valence-electron chi connectivity index (χ1n) is 5.98. The van der Waals surface area contributed by atoms with Crippen LogP contribution in [-0.2, 0) is 0 Å². The van der Waals surface area contributed by atoms with Crippen LogP contribution in [-0.4, -0.2) is 22.0 Å². The average molecular weight is 274 g/mol. The zero-order chi connectivity index (χ0) is 14.9. The van der Waals surface area contributed by atoms with E-state index < -0.39 is 11.9 Å². The summed E-state index contributed by atoms with van der Waals surface area (Å²) in [5.41, 5.74) is 1.08. The van der Waals surface area contributed by atoms with Gasteiger partial charge >= 0.3 is 5.97 Å². The summed E-state index contributed by atoms with van der Waals surface area (Å²) >= 11 is 0. The molecule has 0 spiro atoms. The molecule has 0 atom stereocenters. The molecule has 2 aromatic heterocycles. The number of hydrogen-bond donors (Lipinski definition) is 2. The van der Waals surface area contributed by atoms with Crippen LogP contribution < -0.4 is 5.32 Å². The fourth-order valence-corrected chi connectivity index (χ4v) is 1.97. The lowest BCUT2D eigenvalue weighted by Crippen LogP contribution is -2.17. The number of carbonyl (C=O) groups excluding carboxylic acids is 1. The lowest BCUT2D eigenvalue weighted by atomic mass is 10.1. The minimum absolute atomic E-state index is 0.0163. The minimum atomic E-state index is -1.15. The molecule has 0 saturated heterocycles. The van der Waals surface area contributed by atoms with E-state index in [1.165, 1.54) is 18.3 Å². The smallest absolute Gasteiger partial charge is 0.339 e. The summed E-state index contributed by atoms with van der Waals surface area (Å²) in [6.45, 7) is 5.23. The molecule has 0 radical (unpaired) electrons. The maximum Gasteiger partial charge on any atom is 0.339 e. The molecular weight excluding hydrogens is 260 g/mol. The Morgan fingerprint density at radius 1 is 1.25 bits per heavy atom. The monoisotopic (exact) mass is 274 g/mol. The Morgan fingerprint density at radius 2 is 1.95 bits per heavy atom. The number of carboxylic acids is 1. The second-order valence-electron chi connectivity index (χ2n) is 4.37. The molecule has 0 unspecified atom stereocenters. The van der Waals surface area contributed by atoms with Crippen LogP contribution in [0.25, 0.3) is 0 Å². The number of nitrogens with zero attached hydrogens (tertiary/aromatic N) is 1. The molecule has 2 aromatic rings. The Balaban J connectivity index is 2.36. The lowest BCUT2D eigenvalue weighted by Gasteiger charge is -2.07. The number of anilines is 1. The highest BCUT2D eigenvalue weighted by atomic mass is 16.4. The Labute approximate surface area is 115 Å². The molecule has 1 amide bonds. The van der Waals surface area contributed by atoms with E-state index in [4.69, 9.17) is 9.52 Å². The average Bonchev–Trinajstić information content (AvgIpc) is 2.63. The van der Waals surface area contributed by atoms with Crippen LogP contribution in [0.1, 0.15) is 37.8 Å². The predicted octanol–water partition coefficient (Wildman–Crippen LogP) is 2.55. The van der Waals surface area contributed by atoms with Crippen molar-refractivity contribution in [3.63, 3.8) is 0 Å². The molecule has 20 heavy (non-hydrogen) atoms. The summed E-state index contributed by atoms with van der Waals surface area (Å²) in [6.07, 6.45) is 1.42. The number of aryl methyl sites for hydroxylation is 2. The summed E-state index contributed by atoms with van der Waals surface area (Å²) in [4.78, 5) is 27.2. The number of nitrogens with one attached hydrogen (secondary N) is 1. The van der Waals surface area contributed by atoms with Gasteiger partial charge in [0.15, 0.2) is 0 Å². The number of amides is 1. The van der Waals surface area contributed by atoms with Gasteiger partial charge in [-0.1, -0.05) is 0 Å². The number of aromatic nitrogens is 1. The zero-order valence-electron chi connectivity index (χ0n) is 11.4. The van der Waals surface area contributed by atoms with Crippen molar-refractivity contribution in [1.82, 2.24) is 4.98 Å². The van der Waals surface area contributed by atoms with Crippen molar-refractivity contribution in [3.05, 3.63) is 46.5 Å². The Kier molecular flexibility index (Phi) is 3.56. The maximum atomic E-state index is 12.2. The van der Waals surface area contributed by atoms with Crippen molar-refractivity contribution in [2.45, 2.75) is 20.8 Å². The number of carboxylic acid groups (broad SMARTS) is 1. The van der Waals surface area contributed by atoms with Crippen LogP contribution in [0.5, 0.6) is 0 Å². The SMILES string of the molecule is Cc1oc(C)c(C(=O)Nc2ncccc2C(=O)O)c1C. The summed E-state index contributed by atoms with van der Waals surface area (Å²) in [5, 5.41) is 11.6. The molecule has 2 rings (SSSR count). The molecule has 2 N–H and O–H groups in total. The molecule has 0 aromatic carbocycles. The highest BCUT2D eigenvalue weighted by Crippen LogP contribution is 2.22. The number of aromatic carboxylic acids is 1. The molecular formula is C14H14N2O4. The molecule has 104 valence electrons. The fourth-order valence-electron chi connectivity index (χ4n) is 1.97. The van der Waals surface area contributed by atoms with Crippen molar-refractivity contribution in [2.75, 3.05) is 5.32 Å². The second-order valence-corrected chi connectivity index (χ2v) is 4.37. The molecule has 6 heteroatoms. The third-order valence-electron chi connectivity index (χ3n) is 3.06. The van der Waals surface area contributed by atoms with E-state index in [9.17, 15) is 9.59 Å². The topological polar surface area (TPSA) is 92.4 Å². The van der Waals surface area contributed by atoms with E-state index in [0.717, 1.165) is 5.56 Å². The van der Waals surface area contributed by atoms with Crippen molar-refractivity contribution < 1.29 is 19.1 Å². The molecule has 0 aliphatic heterocycles. The largest absolute Gasteiger partial charge is 0.478 e. The standard InChI is InChI=1S/C14H14N2O4/c1-7-8(2)20-9(3)11(7)13(17)16-12-10(14(18)19)5-4-6-15-12/h4-6H,1-3H3,(H,18,19)(H,15,16,17). The number of pyridine rings is 1. The molecule has 0 bridgehead atoms. The first-order chi connectivity index (χ1) is 9.41. The zero-order valence-corrected chi connectivity index (χ0v) is 11.4. The summed E-state index contributed by atoms with van der Waals surface area (Å²) in [6, 6.07) is 2.88. The number of carbonyl (C=O) groups is 2. The summed E-state index contributed by atoms with van der Waals surface area (Å²) in [7, 11) is 0. The normalized spacial score (nSPS) is 10.3. The van der Waals surface area contributed by atoms with Crippen molar-refractivity contribution in [3.8, 4) is 0 Å². The molecule has 0 aliphatic carbocycles. The third-order valence-corrected chi connectivity index (χ3v) is 3.06.